The summed E-state index contributed by atoms with van der Waals surface area (Å²) in [5, 5.41) is 0. The van der Waals surface area contributed by atoms with Crippen molar-refractivity contribution in [1.82, 2.24) is 0 Å². The standard InChI is InChI=1S/C17H27N/c1-12-8-13(2)17(14(3)9-12)10-15-6-4-5-7-16(15)11-18/h8-9,15-16H,4-7,10-11,18H2,1-3H3. The molecule has 1 aromatic rings. The van der Waals surface area contributed by atoms with Gasteiger partial charge in [0.25, 0.3) is 0 Å². The summed E-state index contributed by atoms with van der Waals surface area (Å²) in [4.78, 5) is 0. The van der Waals surface area contributed by atoms with Crippen LogP contribution in [0.15, 0.2) is 12.1 Å². The Hall–Kier alpha value is -0.820. The summed E-state index contributed by atoms with van der Waals surface area (Å²) >= 11 is 0. The second kappa shape index (κ2) is 5.88. The number of aryl methyl sites for hydroxylation is 3. The molecule has 2 unspecified atom stereocenters. The van der Waals surface area contributed by atoms with Crippen molar-refractivity contribution in [3.63, 3.8) is 0 Å². The van der Waals surface area contributed by atoms with Crippen LogP contribution in [0, 0.1) is 32.6 Å². The topological polar surface area (TPSA) is 26.0 Å². The number of nitrogens with two attached hydrogens (primary N) is 1. The van der Waals surface area contributed by atoms with E-state index < -0.39 is 0 Å². The number of hydrogen-bond acceptors (Lipinski definition) is 1. The van der Waals surface area contributed by atoms with E-state index in [1.54, 1.807) is 5.56 Å². The molecule has 18 heavy (non-hydrogen) atoms. The Morgan fingerprint density at radius 1 is 1.00 bits per heavy atom. The van der Waals surface area contributed by atoms with Crippen LogP contribution in [0.2, 0.25) is 0 Å². The SMILES string of the molecule is Cc1cc(C)c(CC2CCCCC2CN)c(C)c1. The van der Waals surface area contributed by atoms with E-state index in [0.29, 0.717) is 0 Å². The van der Waals surface area contributed by atoms with E-state index in [-0.39, 0.29) is 0 Å². The van der Waals surface area contributed by atoms with Gasteiger partial charge in [-0.2, -0.15) is 0 Å². The predicted octanol–water partition coefficient (Wildman–Crippen LogP) is 3.92. The molecule has 1 nitrogen and oxygen atoms in total. The van der Waals surface area contributed by atoms with Crippen molar-refractivity contribution in [3.05, 3.63) is 34.4 Å². The Balaban J connectivity index is 2.17. The molecule has 1 aliphatic rings. The molecule has 1 aromatic carbocycles. The Kier molecular flexibility index (Phi) is 4.45. The van der Waals surface area contributed by atoms with Crippen LogP contribution in [-0.2, 0) is 6.42 Å². The zero-order valence-electron chi connectivity index (χ0n) is 12.1. The number of benzene rings is 1. The van der Waals surface area contributed by atoms with Crippen molar-refractivity contribution in [2.45, 2.75) is 52.9 Å². The van der Waals surface area contributed by atoms with Crippen molar-refractivity contribution < 1.29 is 0 Å². The molecule has 0 saturated heterocycles. The van der Waals surface area contributed by atoms with Gasteiger partial charge in [-0.3, -0.25) is 0 Å². The van der Waals surface area contributed by atoms with E-state index in [2.05, 4.69) is 32.9 Å². The molecule has 1 saturated carbocycles. The maximum atomic E-state index is 5.95. The molecule has 100 valence electrons. The molecular weight excluding hydrogens is 218 g/mol. The van der Waals surface area contributed by atoms with Crippen molar-refractivity contribution in [1.29, 1.82) is 0 Å². The highest BCUT2D eigenvalue weighted by molar-refractivity contribution is 5.37. The number of hydrogen-bond donors (Lipinski definition) is 1. The molecule has 2 rings (SSSR count). The Labute approximate surface area is 112 Å². The lowest BCUT2D eigenvalue weighted by Gasteiger charge is -2.31. The van der Waals surface area contributed by atoms with Gasteiger partial charge in [0.2, 0.25) is 0 Å². The van der Waals surface area contributed by atoms with E-state index in [1.165, 1.54) is 48.8 Å². The fourth-order valence-electron chi connectivity index (χ4n) is 3.66. The minimum absolute atomic E-state index is 0.749. The van der Waals surface area contributed by atoms with Crippen LogP contribution >= 0.6 is 0 Å². The van der Waals surface area contributed by atoms with Gasteiger partial charge < -0.3 is 5.73 Å². The molecule has 1 aliphatic carbocycles. The van der Waals surface area contributed by atoms with Crippen LogP contribution in [0.3, 0.4) is 0 Å². The van der Waals surface area contributed by atoms with E-state index >= 15 is 0 Å². The third kappa shape index (κ3) is 2.95. The van der Waals surface area contributed by atoms with Gasteiger partial charge in [0.05, 0.1) is 0 Å². The monoisotopic (exact) mass is 245 g/mol. The molecule has 0 spiro atoms. The van der Waals surface area contributed by atoms with Crippen molar-refractivity contribution in [3.8, 4) is 0 Å². The Morgan fingerprint density at radius 3 is 2.11 bits per heavy atom. The van der Waals surface area contributed by atoms with Gasteiger partial charge in [-0.25, -0.2) is 0 Å². The molecule has 2 atom stereocenters. The second-order valence-electron chi connectivity index (χ2n) is 6.12. The average molecular weight is 245 g/mol. The van der Waals surface area contributed by atoms with Crippen molar-refractivity contribution >= 4 is 0 Å². The maximum absolute atomic E-state index is 5.95. The summed E-state index contributed by atoms with van der Waals surface area (Å²) in [5.74, 6) is 1.56. The second-order valence-corrected chi connectivity index (χ2v) is 6.12. The van der Waals surface area contributed by atoms with E-state index in [9.17, 15) is 0 Å². The smallest absolute Gasteiger partial charge is 0.00461 e. The molecule has 0 heterocycles. The average Bonchev–Trinajstić information content (AvgIpc) is 2.34. The largest absolute Gasteiger partial charge is 0.330 e. The first kappa shape index (κ1) is 13.6. The van der Waals surface area contributed by atoms with Gasteiger partial charge in [-0.05, 0) is 75.1 Å². The molecule has 1 heteroatoms. The lowest BCUT2D eigenvalue weighted by molar-refractivity contribution is 0.241. The van der Waals surface area contributed by atoms with Crippen molar-refractivity contribution in [2.24, 2.45) is 17.6 Å². The quantitative estimate of drug-likeness (QED) is 0.858. The fourth-order valence-corrected chi connectivity index (χ4v) is 3.66. The summed E-state index contributed by atoms with van der Waals surface area (Å²) in [6.07, 6.45) is 6.72. The molecule has 0 radical (unpaired) electrons. The van der Waals surface area contributed by atoms with Crippen LogP contribution in [0.1, 0.15) is 47.9 Å². The first-order valence-electron chi connectivity index (χ1n) is 7.38. The first-order chi connectivity index (χ1) is 8.61. The highest BCUT2D eigenvalue weighted by Crippen LogP contribution is 2.33. The molecule has 2 N–H and O–H groups in total. The Morgan fingerprint density at radius 2 is 1.56 bits per heavy atom. The summed E-state index contributed by atoms with van der Waals surface area (Å²) in [6, 6.07) is 4.64. The zero-order valence-corrected chi connectivity index (χ0v) is 12.1. The molecule has 0 aliphatic heterocycles. The highest BCUT2D eigenvalue weighted by atomic mass is 14.6. The van der Waals surface area contributed by atoms with Gasteiger partial charge in [-0.1, -0.05) is 30.5 Å². The van der Waals surface area contributed by atoms with Gasteiger partial charge >= 0.3 is 0 Å². The van der Waals surface area contributed by atoms with Crippen LogP contribution in [0.4, 0.5) is 0 Å². The maximum Gasteiger partial charge on any atom is -0.00461 e. The minimum atomic E-state index is 0.749. The summed E-state index contributed by atoms with van der Waals surface area (Å²) in [6.45, 7) is 7.58. The zero-order chi connectivity index (χ0) is 13.1. The van der Waals surface area contributed by atoms with E-state index in [1.807, 2.05) is 0 Å². The number of rotatable bonds is 3. The normalized spacial score (nSPS) is 24.2. The summed E-state index contributed by atoms with van der Waals surface area (Å²) < 4.78 is 0. The summed E-state index contributed by atoms with van der Waals surface area (Å²) in [7, 11) is 0. The van der Waals surface area contributed by atoms with Crippen molar-refractivity contribution in [2.75, 3.05) is 6.54 Å². The van der Waals surface area contributed by atoms with Crippen LogP contribution in [0.5, 0.6) is 0 Å². The third-order valence-corrected chi connectivity index (χ3v) is 4.68. The molecular formula is C17H27N. The van der Waals surface area contributed by atoms with Gasteiger partial charge in [0.1, 0.15) is 0 Å². The van der Waals surface area contributed by atoms with Gasteiger partial charge in [0.15, 0.2) is 0 Å². The fraction of sp³-hybridized carbons (Fsp3) is 0.647. The predicted molar refractivity (Wildman–Crippen MR) is 78.9 cm³/mol. The van der Waals surface area contributed by atoms with Gasteiger partial charge in [-0.15, -0.1) is 0 Å². The molecule has 1 fully saturated rings. The minimum Gasteiger partial charge on any atom is -0.330 e. The van der Waals surface area contributed by atoms with Crippen LogP contribution in [-0.4, -0.2) is 6.54 Å². The van der Waals surface area contributed by atoms with Crippen LogP contribution in [0.25, 0.3) is 0 Å². The van der Waals surface area contributed by atoms with E-state index in [4.69, 9.17) is 5.73 Å². The first-order valence-corrected chi connectivity index (χ1v) is 7.38. The lowest BCUT2D eigenvalue weighted by atomic mass is 9.75. The Bertz CT molecular complexity index is 385. The van der Waals surface area contributed by atoms with Gasteiger partial charge in [0, 0.05) is 0 Å². The highest BCUT2D eigenvalue weighted by Gasteiger charge is 2.24. The molecule has 0 aromatic heterocycles. The van der Waals surface area contributed by atoms with Crippen LogP contribution < -0.4 is 5.73 Å². The lowest BCUT2D eigenvalue weighted by Crippen LogP contribution is -2.28. The molecule has 0 amide bonds. The summed E-state index contributed by atoms with van der Waals surface area (Å²) in [5.41, 5.74) is 11.8. The third-order valence-electron chi connectivity index (χ3n) is 4.68. The van der Waals surface area contributed by atoms with E-state index in [0.717, 1.165) is 18.4 Å². The molecule has 0 bridgehead atoms.